The van der Waals surface area contributed by atoms with Crippen molar-refractivity contribution in [3.05, 3.63) is 0 Å². The van der Waals surface area contributed by atoms with Gasteiger partial charge < -0.3 is 19.3 Å². The van der Waals surface area contributed by atoms with Crippen molar-refractivity contribution < 1.29 is 28.9 Å². The van der Waals surface area contributed by atoms with Crippen LogP contribution in [0.1, 0.15) is 19.8 Å². The molecule has 9 heteroatoms. The fourth-order valence-electron chi connectivity index (χ4n) is 3.22. The Kier molecular flexibility index (Phi) is 3.97. The first-order valence-corrected chi connectivity index (χ1v) is 8.44. The minimum Gasteiger partial charge on any atom is -0.445 e. The van der Waals surface area contributed by atoms with E-state index >= 15 is 0 Å². The number of imide groups is 1. The Hall–Kier alpha value is -0.410. The van der Waals surface area contributed by atoms with Crippen LogP contribution >= 0.6 is 27.5 Å². The summed E-state index contributed by atoms with van der Waals surface area (Å²) in [6.45, 7) is 2.68. The first-order valence-electron chi connectivity index (χ1n) is 6.99. The first kappa shape index (κ1) is 16.4. The average Bonchev–Trinajstić information content (AvgIpc) is 3.38. The summed E-state index contributed by atoms with van der Waals surface area (Å²) >= 11 is 8.78. The van der Waals surface area contributed by atoms with Gasteiger partial charge in [-0.1, -0.05) is 15.9 Å². The van der Waals surface area contributed by atoms with Gasteiger partial charge in [0.25, 0.3) is 0 Å². The summed E-state index contributed by atoms with van der Waals surface area (Å²) in [5.41, 5.74) is -2.70. The Morgan fingerprint density at radius 3 is 2.59 bits per heavy atom. The quantitative estimate of drug-likeness (QED) is 0.536. The summed E-state index contributed by atoms with van der Waals surface area (Å²) in [6, 6.07) is 0. The first-order chi connectivity index (χ1) is 10.3. The van der Waals surface area contributed by atoms with Crippen LogP contribution in [0.4, 0.5) is 4.79 Å². The molecule has 0 radical (unpaired) electrons. The third-order valence-corrected chi connectivity index (χ3v) is 6.25. The highest BCUT2D eigenvalue weighted by molar-refractivity contribution is 9.09. The molecule has 1 spiro atoms. The van der Waals surface area contributed by atoms with Gasteiger partial charge >= 0.3 is 6.09 Å². The summed E-state index contributed by atoms with van der Waals surface area (Å²) in [5, 5.41) is 13.3. The second-order valence-corrected chi connectivity index (χ2v) is 7.39. The number of nitrogens with one attached hydrogen (secondary N) is 1. The van der Waals surface area contributed by atoms with Crippen molar-refractivity contribution in [3.63, 3.8) is 0 Å². The van der Waals surface area contributed by atoms with Crippen LogP contribution in [0.15, 0.2) is 0 Å². The maximum absolute atomic E-state index is 11.7. The highest BCUT2D eigenvalue weighted by atomic mass is 79.9. The summed E-state index contributed by atoms with van der Waals surface area (Å²) < 4.78 is 16.2. The summed E-state index contributed by atoms with van der Waals surface area (Å²) in [7, 11) is 0. The van der Waals surface area contributed by atoms with E-state index in [0.717, 1.165) is 0 Å². The molecule has 1 aliphatic carbocycles. The van der Waals surface area contributed by atoms with Gasteiger partial charge in [-0.3, -0.25) is 10.1 Å². The number of hydrogen-bond acceptors (Lipinski definition) is 6. The molecule has 22 heavy (non-hydrogen) atoms. The summed E-state index contributed by atoms with van der Waals surface area (Å²) in [5.74, 6) is -0.965. The van der Waals surface area contributed by atoms with Crippen molar-refractivity contribution in [2.45, 2.75) is 47.5 Å². The molecule has 0 bridgehead atoms. The van der Waals surface area contributed by atoms with Crippen molar-refractivity contribution in [1.29, 1.82) is 0 Å². The summed E-state index contributed by atoms with van der Waals surface area (Å²) in [4.78, 5) is 22.2. The van der Waals surface area contributed by atoms with Gasteiger partial charge in [-0.15, -0.1) is 11.6 Å². The number of epoxide rings is 2. The molecular weight excluding hydrogens is 382 g/mol. The number of alkyl carbamates (subject to hydrolysis) is 1. The largest absolute Gasteiger partial charge is 0.445 e. The molecule has 2 aliphatic heterocycles. The molecule has 0 aromatic carbocycles. The number of ether oxygens (including phenoxy) is 3. The van der Waals surface area contributed by atoms with Gasteiger partial charge in [-0.25, -0.2) is 4.79 Å². The zero-order valence-electron chi connectivity index (χ0n) is 11.9. The van der Waals surface area contributed by atoms with Crippen molar-refractivity contribution in [2.24, 2.45) is 0 Å². The van der Waals surface area contributed by atoms with Crippen LogP contribution in [0.2, 0.25) is 0 Å². The minimum absolute atomic E-state index is 0.329. The molecule has 0 aromatic heterocycles. The molecule has 7 nitrogen and oxygen atoms in total. The Morgan fingerprint density at radius 1 is 1.45 bits per heavy atom. The normalized spacial score (nSPS) is 46.2. The van der Waals surface area contributed by atoms with E-state index in [4.69, 9.17) is 25.8 Å². The maximum atomic E-state index is 11.7. The highest BCUT2D eigenvalue weighted by Crippen LogP contribution is 2.60. The minimum atomic E-state index is -1.31. The fraction of sp³-hybridized carbons (Fsp3) is 0.846. The molecule has 2 heterocycles. The van der Waals surface area contributed by atoms with Crippen LogP contribution in [0.3, 0.4) is 0 Å². The number of alkyl halides is 2. The second kappa shape index (κ2) is 5.31. The third-order valence-electron chi connectivity index (χ3n) is 4.75. The molecule has 0 aromatic rings. The van der Waals surface area contributed by atoms with Crippen molar-refractivity contribution in [3.8, 4) is 0 Å². The molecular formula is C13H17BrClNO6. The smallest absolute Gasteiger partial charge is 0.414 e. The monoisotopic (exact) mass is 397 g/mol. The lowest BCUT2D eigenvalue weighted by Crippen LogP contribution is -2.67. The van der Waals surface area contributed by atoms with E-state index in [0.29, 0.717) is 26.1 Å². The molecule has 5 atom stereocenters. The highest BCUT2D eigenvalue weighted by Gasteiger charge is 2.78. The van der Waals surface area contributed by atoms with E-state index in [1.807, 2.05) is 12.2 Å². The fourth-order valence-corrected chi connectivity index (χ4v) is 4.56. The van der Waals surface area contributed by atoms with Gasteiger partial charge in [0.15, 0.2) is 0 Å². The third kappa shape index (κ3) is 2.36. The molecule has 1 unspecified atom stereocenters. The number of aliphatic hydroxyl groups is 1. The van der Waals surface area contributed by atoms with Crippen LogP contribution in [0.5, 0.6) is 0 Å². The SMILES string of the molecule is CC1([C@@]2(O)[C@H](Br)[C@@H](OC(=O)NC(=O)CCl)CC[C@]23CO3)CO1. The van der Waals surface area contributed by atoms with Crippen LogP contribution in [0.25, 0.3) is 0 Å². The Labute approximate surface area is 140 Å². The Bertz CT molecular complexity index is 509. The lowest BCUT2D eigenvalue weighted by molar-refractivity contribution is -0.134. The number of halogens is 2. The van der Waals surface area contributed by atoms with E-state index in [9.17, 15) is 14.7 Å². The average molecular weight is 399 g/mol. The maximum Gasteiger partial charge on any atom is 0.414 e. The second-order valence-electron chi connectivity index (χ2n) is 6.13. The van der Waals surface area contributed by atoms with E-state index in [2.05, 4.69) is 15.9 Å². The molecule has 2 N–H and O–H groups in total. The van der Waals surface area contributed by atoms with Gasteiger partial charge in [0.2, 0.25) is 5.91 Å². The van der Waals surface area contributed by atoms with Gasteiger partial charge in [0.1, 0.15) is 28.8 Å². The standard InChI is InChI=1S/C13H17BrClNO6/c1-11(5-20-11)13(19)9(14)7(2-3-12(13)6-21-12)22-10(18)16-8(17)4-15/h7,9,19H,2-6H2,1H3,(H,16,17,18)/t7-,9+,11?,12-,13-/m0/s1. The van der Waals surface area contributed by atoms with Crippen LogP contribution in [-0.4, -0.2) is 63.9 Å². The van der Waals surface area contributed by atoms with Gasteiger partial charge in [0.05, 0.1) is 18.0 Å². The molecule has 3 fully saturated rings. The molecule has 2 amide bonds. The lowest BCUT2D eigenvalue weighted by atomic mass is 9.67. The molecule has 124 valence electrons. The van der Waals surface area contributed by atoms with Crippen LogP contribution in [0, 0.1) is 0 Å². The van der Waals surface area contributed by atoms with Gasteiger partial charge in [0, 0.05) is 0 Å². The number of amides is 2. The molecule has 2 saturated heterocycles. The van der Waals surface area contributed by atoms with Gasteiger partial charge in [-0.05, 0) is 19.8 Å². The molecule has 1 saturated carbocycles. The Balaban J connectivity index is 1.73. The number of carbonyl (C=O) groups excluding carboxylic acids is 2. The summed E-state index contributed by atoms with van der Waals surface area (Å²) in [6.07, 6.45) is -0.427. The van der Waals surface area contributed by atoms with Gasteiger partial charge in [-0.2, -0.15) is 0 Å². The van der Waals surface area contributed by atoms with E-state index in [1.165, 1.54) is 0 Å². The van der Waals surface area contributed by atoms with E-state index < -0.39 is 39.7 Å². The van der Waals surface area contributed by atoms with E-state index in [-0.39, 0.29) is 5.88 Å². The van der Waals surface area contributed by atoms with Crippen LogP contribution in [-0.2, 0) is 19.0 Å². The lowest BCUT2D eigenvalue weighted by Gasteiger charge is -2.47. The number of carbonyl (C=O) groups is 2. The van der Waals surface area contributed by atoms with Crippen LogP contribution < -0.4 is 5.32 Å². The Morgan fingerprint density at radius 2 is 2.09 bits per heavy atom. The zero-order chi connectivity index (χ0) is 16.2. The topological polar surface area (TPSA) is 101 Å². The van der Waals surface area contributed by atoms with Crippen molar-refractivity contribution in [2.75, 3.05) is 19.1 Å². The number of rotatable bonds is 3. The number of hydrogen-bond donors (Lipinski definition) is 2. The predicted octanol–water partition coefficient (Wildman–Crippen LogP) is 0.693. The molecule has 3 aliphatic rings. The zero-order valence-corrected chi connectivity index (χ0v) is 14.3. The van der Waals surface area contributed by atoms with Crippen molar-refractivity contribution >= 4 is 39.5 Å². The van der Waals surface area contributed by atoms with Crippen molar-refractivity contribution in [1.82, 2.24) is 5.32 Å². The molecule has 3 rings (SSSR count). The predicted molar refractivity (Wildman–Crippen MR) is 79.1 cm³/mol. The van der Waals surface area contributed by atoms with E-state index in [1.54, 1.807) is 0 Å².